The van der Waals surface area contributed by atoms with Crippen LogP contribution >= 0.6 is 0 Å². The van der Waals surface area contributed by atoms with Gasteiger partial charge in [-0.15, -0.1) is 0 Å². The van der Waals surface area contributed by atoms with Crippen molar-refractivity contribution in [2.75, 3.05) is 52.2 Å². The number of carbonyl (C=O) groups is 1. The molecule has 22 heavy (non-hydrogen) atoms. The molecule has 1 aromatic rings. The normalized spacial score (nSPS) is 15.7. The van der Waals surface area contributed by atoms with E-state index in [4.69, 9.17) is 0 Å². The largest absolute Gasteiger partial charge is 0.368 e. The van der Waals surface area contributed by atoms with Crippen molar-refractivity contribution < 1.29 is 14.1 Å². The van der Waals surface area contributed by atoms with Crippen LogP contribution in [0.2, 0.25) is 0 Å². The topological polar surface area (TPSA) is 69.9 Å². The van der Waals surface area contributed by atoms with E-state index in [0.29, 0.717) is 18.8 Å². The van der Waals surface area contributed by atoms with Gasteiger partial charge in [-0.2, -0.15) is 4.39 Å². The molecule has 7 nitrogen and oxygen atoms in total. The van der Waals surface area contributed by atoms with E-state index in [2.05, 4.69) is 4.90 Å². The van der Waals surface area contributed by atoms with Crippen molar-refractivity contribution in [2.45, 2.75) is 0 Å². The molecule has 0 atom stereocenters. The predicted molar refractivity (Wildman–Crippen MR) is 80.8 cm³/mol. The first-order valence-electron chi connectivity index (χ1n) is 6.95. The summed E-state index contributed by atoms with van der Waals surface area (Å²) in [5.74, 6) is -1.64. The van der Waals surface area contributed by atoms with Gasteiger partial charge in [-0.3, -0.25) is 14.9 Å². The summed E-state index contributed by atoms with van der Waals surface area (Å²) in [6.45, 7) is 2.85. The lowest BCUT2D eigenvalue weighted by atomic mass is 10.1. The number of benzene rings is 1. The molecule has 0 aromatic heterocycles. The number of halogens is 1. The molecule has 0 aliphatic carbocycles. The van der Waals surface area contributed by atoms with E-state index in [9.17, 15) is 19.3 Å². The van der Waals surface area contributed by atoms with Crippen LogP contribution in [0.5, 0.6) is 0 Å². The zero-order valence-corrected chi connectivity index (χ0v) is 12.9. The maximum Gasteiger partial charge on any atom is 0.305 e. The zero-order valence-electron chi connectivity index (χ0n) is 12.9. The molecule has 0 N–H and O–H groups in total. The van der Waals surface area contributed by atoms with E-state index in [-0.39, 0.29) is 5.56 Å². The fourth-order valence-corrected chi connectivity index (χ4v) is 2.43. The Morgan fingerprint density at radius 3 is 2.36 bits per heavy atom. The summed E-state index contributed by atoms with van der Waals surface area (Å²) >= 11 is 0. The first-order valence-corrected chi connectivity index (χ1v) is 6.95. The maximum atomic E-state index is 14.5. The SMILES string of the molecule is CN1CCN(c2ccc([N+](=O)[O-])c(F)c2C(=O)N(C)C)CC1. The van der Waals surface area contributed by atoms with Crippen LogP contribution in [-0.2, 0) is 0 Å². The van der Waals surface area contributed by atoms with Crippen LogP contribution < -0.4 is 4.90 Å². The van der Waals surface area contributed by atoms with Gasteiger partial charge in [-0.25, -0.2) is 0 Å². The highest BCUT2D eigenvalue weighted by molar-refractivity contribution is 6.00. The molecule has 1 heterocycles. The summed E-state index contributed by atoms with van der Waals surface area (Å²) < 4.78 is 14.5. The lowest BCUT2D eigenvalue weighted by Crippen LogP contribution is -2.45. The molecule has 0 saturated carbocycles. The lowest BCUT2D eigenvalue weighted by Gasteiger charge is -2.35. The Bertz CT molecular complexity index is 598. The second-order valence-corrected chi connectivity index (χ2v) is 5.54. The number of nitro benzene ring substituents is 1. The van der Waals surface area contributed by atoms with Crippen molar-refractivity contribution in [3.8, 4) is 0 Å². The summed E-state index contributed by atoms with van der Waals surface area (Å²) in [4.78, 5) is 27.6. The van der Waals surface area contributed by atoms with Crippen molar-refractivity contribution in [3.05, 3.63) is 33.6 Å². The van der Waals surface area contributed by atoms with Gasteiger partial charge in [0.25, 0.3) is 5.91 Å². The predicted octanol–water partition coefficient (Wildman–Crippen LogP) is 1.19. The molecule has 1 saturated heterocycles. The van der Waals surface area contributed by atoms with Crippen LogP contribution in [0.1, 0.15) is 10.4 Å². The second kappa shape index (κ2) is 6.27. The number of carbonyl (C=O) groups excluding carboxylic acids is 1. The van der Waals surface area contributed by atoms with E-state index >= 15 is 0 Å². The fourth-order valence-electron chi connectivity index (χ4n) is 2.43. The van der Waals surface area contributed by atoms with Crippen molar-refractivity contribution >= 4 is 17.3 Å². The third kappa shape index (κ3) is 3.01. The molecule has 1 aromatic carbocycles. The summed E-state index contributed by atoms with van der Waals surface area (Å²) in [5.41, 5.74) is -0.498. The number of amides is 1. The van der Waals surface area contributed by atoms with Gasteiger partial charge in [0.2, 0.25) is 5.82 Å². The highest BCUT2D eigenvalue weighted by atomic mass is 19.1. The van der Waals surface area contributed by atoms with E-state index in [1.165, 1.54) is 25.1 Å². The Labute approximate surface area is 128 Å². The molecule has 1 fully saturated rings. The van der Waals surface area contributed by atoms with Gasteiger partial charge in [-0.05, 0) is 13.1 Å². The first kappa shape index (κ1) is 16.2. The summed E-state index contributed by atoms with van der Waals surface area (Å²) in [6, 6.07) is 2.58. The first-order chi connectivity index (χ1) is 10.3. The summed E-state index contributed by atoms with van der Waals surface area (Å²) in [7, 11) is 4.97. The molecule has 8 heteroatoms. The molecular formula is C14H19FN4O3. The number of piperazine rings is 1. The number of nitro groups is 1. The lowest BCUT2D eigenvalue weighted by molar-refractivity contribution is -0.387. The Morgan fingerprint density at radius 2 is 1.86 bits per heavy atom. The minimum atomic E-state index is -1.07. The standard InChI is InChI=1S/C14H19FN4O3/c1-16(2)14(20)12-10(18-8-6-17(3)7-9-18)4-5-11(13(12)15)19(21)22/h4-5H,6-9H2,1-3H3. The zero-order chi connectivity index (χ0) is 16.4. The monoisotopic (exact) mass is 310 g/mol. The molecule has 0 bridgehead atoms. The van der Waals surface area contributed by atoms with Gasteiger partial charge in [-0.1, -0.05) is 0 Å². The van der Waals surface area contributed by atoms with Gasteiger partial charge < -0.3 is 14.7 Å². The van der Waals surface area contributed by atoms with E-state index in [1.807, 2.05) is 11.9 Å². The molecular weight excluding hydrogens is 291 g/mol. The number of likely N-dealkylation sites (N-methyl/N-ethyl adjacent to an activating group) is 1. The van der Waals surface area contributed by atoms with Gasteiger partial charge in [0.15, 0.2) is 0 Å². The average molecular weight is 310 g/mol. The Morgan fingerprint density at radius 1 is 1.27 bits per heavy atom. The number of anilines is 1. The highest BCUT2D eigenvalue weighted by Crippen LogP contribution is 2.31. The van der Waals surface area contributed by atoms with E-state index in [1.54, 1.807) is 0 Å². The molecule has 1 amide bonds. The van der Waals surface area contributed by atoms with Gasteiger partial charge in [0.1, 0.15) is 5.56 Å². The second-order valence-electron chi connectivity index (χ2n) is 5.54. The van der Waals surface area contributed by atoms with Gasteiger partial charge >= 0.3 is 5.69 Å². The minimum Gasteiger partial charge on any atom is -0.368 e. The summed E-state index contributed by atoms with van der Waals surface area (Å²) in [6.07, 6.45) is 0. The third-order valence-electron chi connectivity index (χ3n) is 3.76. The van der Waals surface area contributed by atoms with Crippen molar-refractivity contribution in [2.24, 2.45) is 0 Å². The van der Waals surface area contributed by atoms with Crippen molar-refractivity contribution in [1.82, 2.24) is 9.80 Å². The summed E-state index contributed by atoms with van der Waals surface area (Å²) in [5, 5.41) is 10.9. The van der Waals surface area contributed by atoms with Crippen LogP contribution in [0.15, 0.2) is 12.1 Å². The van der Waals surface area contributed by atoms with Crippen LogP contribution in [0.4, 0.5) is 15.8 Å². The quantitative estimate of drug-likeness (QED) is 0.619. The third-order valence-corrected chi connectivity index (χ3v) is 3.76. The molecule has 120 valence electrons. The molecule has 2 rings (SSSR count). The van der Waals surface area contributed by atoms with Crippen LogP contribution in [0.3, 0.4) is 0 Å². The highest BCUT2D eigenvalue weighted by Gasteiger charge is 2.29. The maximum absolute atomic E-state index is 14.5. The van der Waals surface area contributed by atoms with E-state index in [0.717, 1.165) is 19.2 Å². The Hall–Kier alpha value is -2.22. The van der Waals surface area contributed by atoms with Crippen molar-refractivity contribution in [1.29, 1.82) is 0 Å². The number of hydrogen-bond donors (Lipinski definition) is 0. The Kier molecular flexibility index (Phi) is 4.60. The molecule has 0 radical (unpaired) electrons. The van der Waals surface area contributed by atoms with E-state index < -0.39 is 22.3 Å². The number of hydrogen-bond acceptors (Lipinski definition) is 5. The molecule has 1 aliphatic heterocycles. The minimum absolute atomic E-state index is 0.233. The van der Waals surface area contributed by atoms with Crippen LogP contribution in [0, 0.1) is 15.9 Å². The molecule has 0 spiro atoms. The Balaban J connectivity index is 2.51. The smallest absolute Gasteiger partial charge is 0.305 e. The molecule has 0 unspecified atom stereocenters. The van der Waals surface area contributed by atoms with Crippen LogP contribution in [0.25, 0.3) is 0 Å². The van der Waals surface area contributed by atoms with Crippen LogP contribution in [-0.4, -0.2) is 68.0 Å². The number of rotatable bonds is 3. The average Bonchev–Trinajstić information content (AvgIpc) is 2.46. The van der Waals surface area contributed by atoms with Gasteiger partial charge in [0.05, 0.1) is 10.6 Å². The van der Waals surface area contributed by atoms with Gasteiger partial charge in [0, 0.05) is 46.3 Å². The molecule has 1 aliphatic rings. The fraction of sp³-hybridized carbons (Fsp3) is 0.500. The van der Waals surface area contributed by atoms with Crippen molar-refractivity contribution in [3.63, 3.8) is 0 Å². The number of nitrogens with zero attached hydrogens (tertiary/aromatic N) is 4.